The van der Waals surface area contributed by atoms with E-state index in [0.717, 1.165) is 16.5 Å². The minimum absolute atomic E-state index is 0.0659. The van der Waals surface area contributed by atoms with Crippen molar-refractivity contribution in [2.75, 3.05) is 33.3 Å². The van der Waals surface area contributed by atoms with Crippen LogP contribution in [0.2, 0.25) is 0 Å². The van der Waals surface area contributed by atoms with E-state index in [1.165, 1.54) is 15.6 Å². The van der Waals surface area contributed by atoms with Gasteiger partial charge in [0, 0.05) is 30.4 Å². The topological polar surface area (TPSA) is 84.6 Å². The van der Waals surface area contributed by atoms with Gasteiger partial charge in [-0.05, 0) is 49.5 Å². The van der Waals surface area contributed by atoms with Gasteiger partial charge in [-0.1, -0.05) is 0 Å². The summed E-state index contributed by atoms with van der Waals surface area (Å²) in [7, 11) is -1.64. The molecular formula is C17H21N3O3S2. The van der Waals surface area contributed by atoms with E-state index in [1.807, 2.05) is 18.0 Å². The molecule has 2 heterocycles. The molecule has 0 bridgehead atoms. The number of likely N-dealkylation sites (N-methyl/N-ethyl adjacent to an activating group) is 1. The molecule has 0 radical (unpaired) electrons. The van der Waals surface area contributed by atoms with E-state index >= 15 is 0 Å². The van der Waals surface area contributed by atoms with E-state index in [-0.39, 0.29) is 12.6 Å². The fourth-order valence-electron chi connectivity index (χ4n) is 3.26. The second kappa shape index (κ2) is 7.02. The summed E-state index contributed by atoms with van der Waals surface area (Å²) < 4.78 is 29.0. The van der Waals surface area contributed by atoms with Crippen molar-refractivity contribution in [3.8, 4) is 6.07 Å². The molecule has 1 aromatic carbocycles. The fourth-order valence-corrected chi connectivity index (χ4v) is 6.63. The monoisotopic (exact) mass is 379 g/mol. The van der Waals surface area contributed by atoms with Gasteiger partial charge in [0.25, 0.3) is 10.0 Å². The van der Waals surface area contributed by atoms with Crippen molar-refractivity contribution in [2.45, 2.75) is 23.6 Å². The average Bonchev–Trinajstić information content (AvgIpc) is 3.21. The van der Waals surface area contributed by atoms with Gasteiger partial charge in [-0.15, -0.1) is 11.3 Å². The van der Waals surface area contributed by atoms with Crippen molar-refractivity contribution in [3.05, 3.63) is 29.3 Å². The zero-order valence-electron chi connectivity index (χ0n) is 14.3. The third-order valence-electron chi connectivity index (χ3n) is 4.80. The first kappa shape index (κ1) is 18.3. The van der Waals surface area contributed by atoms with Gasteiger partial charge in [0.15, 0.2) is 0 Å². The SMILES string of the molecule is Cc1c(S(=O)(=O)N2CC[C@@H](N(C)CCO)C2)sc2ccc(C#N)cc12. The van der Waals surface area contributed by atoms with Gasteiger partial charge < -0.3 is 5.11 Å². The number of aliphatic hydroxyl groups is 1. The number of benzene rings is 1. The van der Waals surface area contributed by atoms with Crippen molar-refractivity contribution >= 4 is 31.4 Å². The van der Waals surface area contributed by atoms with Crippen molar-refractivity contribution < 1.29 is 13.5 Å². The van der Waals surface area contributed by atoms with E-state index in [1.54, 1.807) is 19.1 Å². The van der Waals surface area contributed by atoms with Crippen molar-refractivity contribution in [1.82, 2.24) is 9.21 Å². The molecule has 3 rings (SSSR count). The molecule has 134 valence electrons. The van der Waals surface area contributed by atoms with Crippen LogP contribution in [-0.2, 0) is 10.0 Å². The van der Waals surface area contributed by atoms with Crippen LogP contribution in [0.1, 0.15) is 17.5 Å². The molecular weight excluding hydrogens is 358 g/mol. The van der Waals surface area contributed by atoms with E-state index in [2.05, 4.69) is 6.07 Å². The lowest BCUT2D eigenvalue weighted by molar-refractivity contribution is 0.184. The lowest BCUT2D eigenvalue weighted by atomic mass is 10.1. The van der Waals surface area contributed by atoms with Crippen LogP contribution in [0.15, 0.2) is 22.4 Å². The van der Waals surface area contributed by atoms with Crippen LogP contribution in [-0.4, -0.2) is 62.1 Å². The fraction of sp³-hybridized carbons (Fsp3) is 0.471. The molecule has 2 aromatic rings. The quantitative estimate of drug-likeness (QED) is 0.856. The number of thiophene rings is 1. The molecule has 0 spiro atoms. The van der Waals surface area contributed by atoms with Gasteiger partial charge in [-0.25, -0.2) is 8.42 Å². The highest BCUT2D eigenvalue weighted by Crippen LogP contribution is 2.37. The molecule has 8 heteroatoms. The molecule has 0 saturated carbocycles. The standard InChI is InChI=1S/C17H21N3O3S2/c1-12-15-9-13(10-18)3-4-16(15)24-17(12)25(22,23)20-6-5-14(11-20)19(2)7-8-21/h3-4,9,14,21H,5-8,11H2,1-2H3/t14-/m1/s1. The first-order valence-corrected chi connectivity index (χ1v) is 10.4. The molecule has 1 aromatic heterocycles. The Balaban J connectivity index is 1.92. The number of hydrogen-bond acceptors (Lipinski definition) is 6. The number of aliphatic hydroxyl groups excluding tert-OH is 1. The van der Waals surface area contributed by atoms with Crippen LogP contribution >= 0.6 is 11.3 Å². The predicted octanol–water partition coefficient (Wildman–Crippen LogP) is 1.77. The molecule has 0 aliphatic carbocycles. The number of hydrogen-bond donors (Lipinski definition) is 1. The van der Waals surface area contributed by atoms with Crippen molar-refractivity contribution in [1.29, 1.82) is 5.26 Å². The van der Waals surface area contributed by atoms with E-state index in [9.17, 15) is 8.42 Å². The Morgan fingerprint density at radius 2 is 2.24 bits per heavy atom. The molecule has 1 aliphatic heterocycles. The lowest BCUT2D eigenvalue weighted by Gasteiger charge is -2.23. The number of aryl methyl sites for hydroxylation is 1. The zero-order chi connectivity index (χ0) is 18.2. The van der Waals surface area contributed by atoms with Gasteiger partial charge in [-0.2, -0.15) is 9.57 Å². The van der Waals surface area contributed by atoms with Gasteiger partial charge in [0.2, 0.25) is 0 Å². The van der Waals surface area contributed by atoms with Crippen LogP contribution in [0.3, 0.4) is 0 Å². The zero-order valence-corrected chi connectivity index (χ0v) is 15.9. The van der Waals surface area contributed by atoms with E-state index in [4.69, 9.17) is 10.4 Å². The highest BCUT2D eigenvalue weighted by Gasteiger charge is 2.36. The molecule has 0 amide bonds. The number of fused-ring (bicyclic) bond motifs is 1. The Hall–Kier alpha value is -1.50. The Kier molecular flexibility index (Phi) is 5.14. The number of nitrogens with zero attached hydrogens (tertiary/aromatic N) is 3. The highest BCUT2D eigenvalue weighted by molar-refractivity contribution is 7.91. The summed E-state index contributed by atoms with van der Waals surface area (Å²) in [5, 5.41) is 19.0. The molecule has 0 unspecified atom stereocenters. The molecule has 1 saturated heterocycles. The van der Waals surface area contributed by atoms with Crippen molar-refractivity contribution in [2.24, 2.45) is 0 Å². The van der Waals surface area contributed by atoms with Crippen LogP contribution < -0.4 is 0 Å². The van der Waals surface area contributed by atoms with Crippen LogP contribution in [0.5, 0.6) is 0 Å². The smallest absolute Gasteiger partial charge is 0.252 e. The largest absolute Gasteiger partial charge is 0.395 e. The third kappa shape index (κ3) is 3.30. The summed E-state index contributed by atoms with van der Waals surface area (Å²) >= 11 is 1.26. The second-order valence-electron chi connectivity index (χ2n) is 6.35. The normalized spacial score (nSPS) is 18.9. The van der Waals surface area contributed by atoms with Gasteiger partial charge in [0.05, 0.1) is 18.2 Å². The maximum Gasteiger partial charge on any atom is 0.252 e. The van der Waals surface area contributed by atoms with Crippen LogP contribution in [0.4, 0.5) is 0 Å². The minimum atomic E-state index is -3.55. The number of nitriles is 1. The molecule has 1 N–H and O–H groups in total. The Bertz CT molecular complexity index is 930. The van der Waals surface area contributed by atoms with Crippen LogP contribution in [0.25, 0.3) is 10.1 Å². The maximum absolute atomic E-state index is 13.1. The highest BCUT2D eigenvalue weighted by atomic mass is 32.2. The summed E-state index contributed by atoms with van der Waals surface area (Å²) in [5.74, 6) is 0. The Morgan fingerprint density at radius 1 is 1.48 bits per heavy atom. The molecule has 1 atom stereocenters. The average molecular weight is 380 g/mol. The van der Waals surface area contributed by atoms with E-state index in [0.29, 0.717) is 35.0 Å². The van der Waals surface area contributed by atoms with E-state index < -0.39 is 10.0 Å². The Labute approximate surface area is 151 Å². The molecule has 6 nitrogen and oxygen atoms in total. The molecule has 25 heavy (non-hydrogen) atoms. The first-order valence-electron chi connectivity index (χ1n) is 8.13. The third-order valence-corrected chi connectivity index (χ3v) is 8.53. The molecule has 1 aliphatic rings. The second-order valence-corrected chi connectivity index (χ2v) is 9.53. The van der Waals surface area contributed by atoms with Crippen molar-refractivity contribution in [3.63, 3.8) is 0 Å². The first-order chi connectivity index (χ1) is 11.9. The molecule has 1 fully saturated rings. The minimum Gasteiger partial charge on any atom is -0.395 e. The summed E-state index contributed by atoms with van der Waals surface area (Å²) in [6.07, 6.45) is 0.762. The van der Waals surface area contributed by atoms with Gasteiger partial charge in [0.1, 0.15) is 4.21 Å². The maximum atomic E-state index is 13.1. The number of sulfonamides is 1. The summed E-state index contributed by atoms with van der Waals surface area (Å²) in [4.78, 5) is 2.01. The van der Waals surface area contributed by atoms with Gasteiger partial charge in [-0.3, -0.25) is 4.90 Å². The Morgan fingerprint density at radius 3 is 2.92 bits per heavy atom. The summed E-state index contributed by atoms with van der Waals surface area (Å²) in [6, 6.07) is 7.50. The summed E-state index contributed by atoms with van der Waals surface area (Å²) in [5.41, 5.74) is 1.24. The summed E-state index contributed by atoms with van der Waals surface area (Å²) in [6.45, 7) is 3.34. The van der Waals surface area contributed by atoms with Crippen LogP contribution in [0, 0.1) is 18.3 Å². The number of rotatable bonds is 5. The lowest BCUT2D eigenvalue weighted by Crippen LogP contribution is -2.37. The predicted molar refractivity (Wildman–Crippen MR) is 98.2 cm³/mol. The van der Waals surface area contributed by atoms with Gasteiger partial charge >= 0.3 is 0 Å².